The SMILES string of the molecule is CCC1(c2ccccc2)NC(=O)N(CC(=O)Nc2cc(OC)c(OC)cc2Cl)C1=O. The summed E-state index contributed by atoms with van der Waals surface area (Å²) in [6.45, 7) is 1.35. The third-order valence-corrected chi connectivity index (χ3v) is 5.33. The number of urea groups is 1. The standard InChI is InChI=1S/C21H22ClN3O5/c1-4-21(13-8-6-5-7-9-13)19(27)25(20(28)24-21)12-18(26)23-15-11-17(30-3)16(29-2)10-14(15)22/h5-11H,4,12H2,1-3H3,(H,23,26)(H,24,28). The average Bonchev–Trinajstić information content (AvgIpc) is 3.00. The van der Waals surface area contributed by atoms with E-state index in [1.807, 2.05) is 6.07 Å². The van der Waals surface area contributed by atoms with E-state index < -0.39 is 29.9 Å². The van der Waals surface area contributed by atoms with Gasteiger partial charge < -0.3 is 20.1 Å². The first-order valence-corrected chi connectivity index (χ1v) is 9.65. The third kappa shape index (κ3) is 3.78. The van der Waals surface area contributed by atoms with E-state index in [-0.39, 0.29) is 10.7 Å². The second-order valence-electron chi connectivity index (χ2n) is 6.68. The van der Waals surface area contributed by atoms with Gasteiger partial charge in [0.15, 0.2) is 11.5 Å². The van der Waals surface area contributed by atoms with E-state index in [4.69, 9.17) is 21.1 Å². The number of carbonyl (C=O) groups is 3. The molecule has 1 heterocycles. The highest BCUT2D eigenvalue weighted by Crippen LogP contribution is 2.36. The van der Waals surface area contributed by atoms with Crippen LogP contribution in [0.2, 0.25) is 5.02 Å². The summed E-state index contributed by atoms with van der Waals surface area (Å²) in [5.41, 5.74) is -0.257. The molecule has 0 bridgehead atoms. The van der Waals surface area contributed by atoms with Gasteiger partial charge in [-0.2, -0.15) is 0 Å². The van der Waals surface area contributed by atoms with Gasteiger partial charge in [-0.1, -0.05) is 48.9 Å². The van der Waals surface area contributed by atoms with Crippen molar-refractivity contribution in [1.29, 1.82) is 0 Å². The van der Waals surface area contributed by atoms with Crippen molar-refractivity contribution in [2.45, 2.75) is 18.9 Å². The number of hydrogen-bond acceptors (Lipinski definition) is 5. The molecule has 0 radical (unpaired) electrons. The maximum absolute atomic E-state index is 13.1. The first-order chi connectivity index (χ1) is 14.4. The molecule has 2 aromatic carbocycles. The van der Waals surface area contributed by atoms with E-state index in [0.717, 1.165) is 4.90 Å². The molecule has 1 fully saturated rings. The Morgan fingerprint density at radius 3 is 2.37 bits per heavy atom. The zero-order valence-electron chi connectivity index (χ0n) is 16.8. The lowest BCUT2D eigenvalue weighted by Crippen LogP contribution is -2.44. The molecular formula is C21H22ClN3O5. The molecule has 0 saturated carbocycles. The monoisotopic (exact) mass is 431 g/mol. The van der Waals surface area contributed by atoms with Crippen molar-refractivity contribution < 1.29 is 23.9 Å². The van der Waals surface area contributed by atoms with Gasteiger partial charge in [-0.25, -0.2) is 4.79 Å². The minimum absolute atomic E-state index is 0.227. The number of nitrogens with one attached hydrogen (secondary N) is 2. The number of anilines is 1. The molecule has 2 N–H and O–H groups in total. The first kappa shape index (κ1) is 21.4. The normalized spacial score (nSPS) is 18.2. The molecule has 0 spiro atoms. The van der Waals surface area contributed by atoms with E-state index in [1.54, 1.807) is 31.2 Å². The topological polar surface area (TPSA) is 97.0 Å². The lowest BCUT2D eigenvalue weighted by Gasteiger charge is -2.25. The molecule has 8 nitrogen and oxygen atoms in total. The van der Waals surface area contributed by atoms with Gasteiger partial charge in [-0.05, 0) is 12.0 Å². The second kappa shape index (κ2) is 8.62. The largest absolute Gasteiger partial charge is 0.493 e. The van der Waals surface area contributed by atoms with Crippen molar-refractivity contribution in [3.8, 4) is 11.5 Å². The number of carbonyl (C=O) groups excluding carboxylic acids is 3. The van der Waals surface area contributed by atoms with Crippen LogP contribution in [-0.4, -0.2) is 43.5 Å². The van der Waals surface area contributed by atoms with Crippen molar-refractivity contribution >= 4 is 35.1 Å². The summed E-state index contributed by atoms with van der Waals surface area (Å²) in [6.07, 6.45) is 0.348. The number of ether oxygens (including phenoxy) is 2. The maximum atomic E-state index is 13.1. The molecule has 1 aliphatic rings. The highest BCUT2D eigenvalue weighted by molar-refractivity contribution is 6.34. The average molecular weight is 432 g/mol. The fourth-order valence-electron chi connectivity index (χ4n) is 3.42. The van der Waals surface area contributed by atoms with Gasteiger partial charge in [-0.15, -0.1) is 0 Å². The van der Waals surface area contributed by atoms with Crippen molar-refractivity contribution in [3.63, 3.8) is 0 Å². The van der Waals surface area contributed by atoms with Gasteiger partial charge in [0, 0.05) is 12.1 Å². The smallest absolute Gasteiger partial charge is 0.325 e. The Bertz CT molecular complexity index is 982. The summed E-state index contributed by atoms with van der Waals surface area (Å²) >= 11 is 6.19. The molecule has 2 aromatic rings. The van der Waals surface area contributed by atoms with E-state index in [9.17, 15) is 14.4 Å². The molecule has 4 amide bonds. The van der Waals surface area contributed by atoms with Crippen LogP contribution in [0.5, 0.6) is 11.5 Å². The second-order valence-corrected chi connectivity index (χ2v) is 7.09. The van der Waals surface area contributed by atoms with Crippen molar-refractivity contribution in [2.24, 2.45) is 0 Å². The van der Waals surface area contributed by atoms with Gasteiger partial charge in [0.2, 0.25) is 5.91 Å². The van der Waals surface area contributed by atoms with Crippen LogP contribution in [0.4, 0.5) is 10.5 Å². The van der Waals surface area contributed by atoms with Crippen LogP contribution in [0.1, 0.15) is 18.9 Å². The zero-order valence-corrected chi connectivity index (χ0v) is 17.6. The first-order valence-electron chi connectivity index (χ1n) is 9.27. The zero-order chi connectivity index (χ0) is 21.9. The summed E-state index contributed by atoms with van der Waals surface area (Å²) in [5.74, 6) is -0.270. The number of halogens is 1. The number of nitrogens with zero attached hydrogens (tertiary/aromatic N) is 1. The van der Waals surface area contributed by atoms with Crippen LogP contribution in [0.3, 0.4) is 0 Å². The molecular weight excluding hydrogens is 410 g/mol. The molecule has 1 atom stereocenters. The van der Waals surface area contributed by atoms with Crippen LogP contribution >= 0.6 is 11.6 Å². The fraction of sp³-hybridized carbons (Fsp3) is 0.286. The Labute approximate surface area is 179 Å². The quantitative estimate of drug-likeness (QED) is 0.656. The Morgan fingerprint density at radius 1 is 1.13 bits per heavy atom. The molecule has 0 aromatic heterocycles. The lowest BCUT2D eigenvalue weighted by atomic mass is 9.87. The number of amides is 4. The number of imide groups is 1. The lowest BCUT2D eigenvalue weighted by molar-refractivity contribution is -0.134. The number of rotatable bonds is 7. The Balaban J connectivity index is 1.79. The van der Waals surface area contributed by atoms with E-state index in [2.05, 4.69) is 10.6 Å². The van der Waals surface area contributed by atoms with Gasteiger partial charge in [-0.3, -0.25) is 14.5 Å². The highest BCUT2D eigenvalue weighted by atomic mass is 35.5. The predicted molar refractivity (Wildman–Crippen MR) is 112 cm³/mol. The highest BCUT2D eigenvalue weighted by Gasteiger charge is 2.51. The molecule has 158 valence electrons. The molecule has 9 heteroatoms. The van der Waals surface area contributed by atoms with Crippen molar-refractivity contribution in [2.75, 3.05) is 26.1 Å². The van der Waals surface area contributed by atoms with Crippen LogP contribution in [-0.2, 0) is 15.1 Å². The van der Waals surface area contributed by atoms with Gasteiger partial charge in [0.05, 0.1) is 24.9 Å². The van der Waals surface area contributed by atoms with E-state index >= 15 is 0 Å². The molecule has 3 rings (SSSR count). The van der Waals surface area contributed by atoms with Crippen molar-refractivity contribution in [3.05, 3.63) is 53.1 Å². The van der Waals surface area contributed by atoms with Gasteiger partial charge in [0.1, 0.15) is 12.1 Å². The minimum Gasteiger partial charge on any atom is -0.493 e. The summed E-state index contributed by atoms with van der Waals surface area (Å²) in [5, 5.41) is 5.58. The van der Waals surface area contributed by atoms with Crippen LogP contribution in [0.25, 0.3) is 0 Å². The van der Waals surface area contributed by atoms with Crippen LogP contribution < -0.4 is 20.1 Å². The molecule has 1 saturated heterocycles. The molecule has 1 aliphatic heterocycles. The number of hydrogen-bond donors (Lipinski definition) is 2. The van der Waals surface area contributed by atoms with Gasteiger partial charge in [0.25, 0.3) is 5.91 Å². The Morgan fingerprint density at radius 2 is 1.77 bits per heavy atom. The molecule has 0 aliphatic carbocycles. The van der Waals surface area contributed by atoms with E-state index in [1.165, 1.54) is 26.4 Å². The van der Waals surface area contributed by atoms with Crippen LogP contribution in [0.15, 0.2) is 42.5 Å². The fourth-order valence-corrected chi connectivity index (χ4v) is 3.62. The van der Waals surface area contributed by atoms with Crippen molar-refractivity contribution in [1.82, 2.24) is 10.2 Å². The molecule has 30 heavy (non-hydrogen) atoms. The number of benzene rings is 2. The summed E-state index contributed by atoms with van der Waals surface area (Å²) in [7, 11) is 2.93. The predicted octanol–water partition coefficient (Wildman–Crippen LogP) is 3.15. The van der Waals surface area contributed by atoms with E-state index in [0.29, 0.717) is 23.5 Å². The number of methoxy groups -OCH3 is 2. The minimum atomic E-state index is -1.19. The summed E-state index contributed by atoms with van der Waals surface area (Å²) in [6, 6.07) is 11.3. The molecule has 1 unspecified atom stereocenters. The van der Waals surface area contributed by atoms with Crippen LogP contribution in [0, 0.1) is 0 Å². The van der Waals surface area contributed by atoms with Gasteiger partial charge >= 0.3 is 6.03 Å². The maximum Gasteiger partial charge on any atom is 0.325 e. The summed E-state index contributed by atoms with van der Waals surface area (Å²) in [4.78, 5) is 39.1. The summed E-state index contributed by atoms with van der Waals surface area (Å²) < 4.78 is 10.4. The Hall–Kier alpha value is -3.26. The Kier molecular flexibility index (Phi) is 6.17. The third-order valence-electron chi connectivity index (χ3n) is 5.02.